The monoisotopic (exact) mass is 477 g/mol. The third-order valence-corrected chi connectivity index (χ3v) is 6.91. The van der Waals surface area contributed by atoms with Gasteiger partial charge < -0.3 is 10.2 Å². The molecule has 9 heteroatoms. The van der Waals surface area contributed by atoms with Crippen molar-refractivity contribution in [2.75, 3.05) is 11.9 Å². The highest BCUT2D eigenvalue weighted by Gasteiger charge is 2.35. The van der Waals surface area contributed by atoms with Gasteiger partial charge in [0.1, 0.15) is 11.0 Å². The van der Waals surface area contributed by atoms with E-state index in [1.54, 1.807) is 4.90 Å². The van der Waals surface area contributed by atoms with Crippen LogP contribution in [0.5, 0.6) is 0 Å². The second kappa shape index (κ2) is 9.21. The molecule has 2 aliphatic rings. The van der Waals surface area contributed by atoms with Crippen molar-refractivity contribution in [3.63, 3.8) is 0 Å². The zero-order chi connectivity index (χ0) is 20.2. The molecule has 3 amide bonds. The number of nitrogens with zero attached hydrogens (tertiary/aromatic N) is 3. The molecule has 0 spiro atoms. The maximum absolute atomic E-state index is 12.8. The largest absolute Gasteiger partial charge is 0.335 e. The number of benzene rings is 1. The number of likely N-dealkylation sites (tertiary alicyclic amines) is 1. The molecule has 0 bridgehead atoms. The van der Waals surface area contributed by atoms with Gasteiger partial charge in [-0.25, -0.2) is 4.79 Å². The predicted octanol–water partition coefficient (Wildman–Crippen LogP) is 4.41. The Balaban J connectivity index is 1.37. The molecular weight excluding hydrogens is 454 g/mol. The number of carbonyl (C=O) groups is 2. The Morgan fingerprint density at radius 1 is 1.03 bits per heavy atom. The summed E-state index contributed by atoms with van der Waals surface area (Å²) >= 11 is 4.74. The van der Waals surface area contributed by atoms with Crippen LogP contribution in [0, 0.1) is 0 Å². The van der Waals surface area contributed by atoms with Crippen molar-refractivity contribution in [1.82, 2.24) is 20.4 Å². The fourth-order valence-corrected chi connectivity index (χ4v) is 4.97. The first-order valence-electron chi connectivity index (χ1n) is 10.1. The summed E-state index contributed by atoms with van der Waals surface area (Å²) in [6.45, 7) is 0.608. The lowest BCUT2D eigenvalue weighted by Gasteiger charge is -2.28. The van der Waals surface area contributed by atoms with Gasteiger partial charge in [-0.2, -0.15) is 0 Å². The SMILES string of the molecule is O=C(Nc1nnc(-c2ccc(Br)cc2)s1)C1CCCN1C(=O)NC1CCCCC1. The summed E-state index contributed by atoms with van der Waals surface area (Å²) in [5.74, 6) is -0.195. The average molecular weight is 478 g/mol. The smallest absolute Gasteiger partial charge is 0.318 e. The number of carbonyl (C=O) groups excluding carboxylic acids is 2. The molecule has 1 saturated carbocycles. The van der Waals surface area contributed by atoms with Gasteiger partial charge in [-0.05, 0) is 37.8 Å². The van der Waals surface area contributed by atoms with Crippen molar-refractivity contribution < 1.29 is 9.59 Å². The van der Waals surface area contributed by atoms with Crippen molar-refractivity contribution in [3.05, 3.63) is 28.7 Å². The van der Waals surface area contributed by atoms with E-state index in [1.165, 1.54) is 17.8 Å². The summed E-state index contributed by atoms with van der Waals surface area (Å²) in [4.78, 5) is 27.2. The molecule has 7 nitrogen and oxygen atoms in total. The van der Waals surface area contributed by atoms with Gasteiger partial charge in [0.05, 0.1) is 0 Å². The molecule has 154 valence electrons. The fourth-order valence-electron chi connectivity index (χ4n) is 3.96. The van der Waals surface area contributed by atoms with E-state index in [1.807, 2.05) is 24.3 Å². The van der Waals surface area contributed by atoms with Gasteiger partial charge in [-0.1, -0.05) is 58.7 Å². The molecule has 1 aromatic heterocycles. The molecule has 1 atom stereocenters. The molecule has 0 radical (unpaired) electrons. The fraction of sp³-hybridized carbons (Fsp3) is 0.500. The third kappa shape index (κ3) is 4.95. The Kier molecular flexibility index (Phi) is 6.44. The molecule has 1 aromatic carbocycles. The number of hydrogen-bond donors (Lipinski definition) is 2. The number of amides is 3. The number of urea groups is 1. The van der Waals surface area contributed by atoms with Gasteiger partial charge in [0.25, 0.3) is 0 Å². The Hall–Kier alpha value is -2.00. The number of hydrogen-bond acceptors (Lipinski definition) is 5. The van der Waals surface area contributed by atoms with Gasteiger partial charge >= 0.3 is 6.03 Å². The quantitative estimate of drug-likeness (QED) is 0.682. The van der Waals surface area contributed by atoms with E-state index < -0.39 is 6.04 Å². The van der Waals surface area contributed by atoms with Crippen LogP contribution in [0.25, 0.3) is 10.6 Å². The van der Waals surface area contributed by atoms with Crippen molar-refractivity contribution in [2.24, 2.45) is 0 Å². The Bertz CT molecular complexity index is 866. The zero-order valence-corrected chi connectivity index (χ0v) is 18.5. The third-order valence-electron chi connectivity index (χ3n) is 5.50. The van der Waals surface area contributed by atoms with Crippen LogP contribution >= 0.6 is 27.3 Å². The molecule has 2 N–H and O–H groups in total. The van der Waals surface area contributed by atoms with Crippen LogP contribution in [0.1, 0.15) is 44.9 Å². The summed E-state index contributed by atoms with van der Waals surface area (Å²) in [5.41, 5.74) is 0.945. The van der Waals surface area contributed by atoms with Gasteiger partial charge in [0.2, 0.25) is 11.0 Å². The van der Waals surface area contributed by atoms with Gasteiger partial charge in [0, 0.05) is 22.6 Å². The lowest BCUT2D eigenvalue weighted by molar-refractivity contribution is -0.119. The first-order valence-corrected chi connectivity index (χ1v) is 11.7. The average Bonchev–Trinajstić information content (AvgIpc) is 3.39. The Labute approximate surface area is 182 Å². The molecule has 1 unspecified atom stereocenters. The molecule has 4 rings (SSSR count). The van der Waals surface area contributed by atoms with E-state index in [2.05, 4.69) is 36.8 Å². The molecule has 2 aromatic rings. The lowest BCUT2D eigenvalue weighted by atomic mass is 9.96. The first kappa shape index (κ1) is 20.3. The summed E-state index contributed by atoms with van der Waals surface area (Å²) in [7, 11) is 0. The van der Waals surface area contributed by atoms with Crippen LogP contribution in [-0.2, 0) is 4.79 Å². The van der Waals surface area contributed by atoms with Crippen LogP contribution in [0.2, 0.25) is 0 Å². The molecular formula is C20H24BrN5O2S. The van der Waals surface area contributed by atoms with Crippen LogP contribution in [0.15, 0.2) is 28.7 Å². The zero-order valence-electron chi connectivity index (χ0n) is 16.1. The second-order valence-electron chi connectivity index (χ2n) is 7.54. The second-order valence-corrected chi connectivity index (χ2v) is 9.44. The van der Waals surface area contributed by atoms with Gasteiger partial charge in [0.15, 0.2) is 0 Å². The van der Waals surface area contributed by atoms with E-state index in [4.69, 9.17) is 0 Å². The van der Waals surface area contributed by atoms with Crippen molar-refractivity contribution in [1.29, 1.82) is 0 Å². The van der Waals surface area contributed by atoms with Gasteiger partial charge in [-0.15, -0.1) is 10.2 Å². The summed E-state index contributed by atoms with van der Waals surface area (Å²) in [5, 5.41) is 15.4. The summed E-state index contributed by atoms with van der Waals surface area (Å²) < 4.78 is 0.993. The summed E-state index contributed by atoms with van der Waals surface area (Å²) in [6, 6.07) is 7.43. The molecule has 1 saturated heterocycles. The number of rotatable bonds is 4. The molecule has 2 heterocycles. The topological polar surface area (TPSA) is 87.2 Å². The van der Waals surface area contributed by atoms with Crippen molar-refractivity contribution >= 4 is 44.3 Å². The van der Waals surface area contributed by atoms with E-state index in [9.17, 15) is 9.59 Å². The highest BCUT2D eigenvalue weighted by atomic mass is 79.9. The molecule has 29 heavy (non-hydrogen) atoms. The Morgan fingerprint density at radius 3 is 2.55 bits per heavy atom. The number of anilines is 1. The van der Waals surface area contributed by atoms with Gasteiger partial charge in [-0.3, -0.25) is 10.1 Å². The maximum Gasteiger partial charge on any atom is 0.318 e. The van der Waals surface area contributed by atoms with Crippen LogP contribution < -0.4 is 10.6 Å². The number of halogens is 1. The molecule has 1 aliphatic heterocycles. The standard InChI is InChI=1S/C20H24BrN5O2S/c21-14-10-8-13(9-11-14)18-24-25-19(29-18)23-17(27)16-7-4-12-26(16)20(28)22-15-5-2-1-3-6-15/h8-11,15-16H,1-7,12H2,(H,22,28)(H,23,25,27). The van der Waals surface area contributed by atoms with Crippen LogP contribution in [-0.4, -0.2) is 45.7 Å². The Morgan fingerprint density at radius 2 is 1.79 bits per heavy atom. The van der Waals surface area contributed by atoms with Crippen LogP contribution in [0.3, 0.4) is 0 Å². The van der Waals surface area contributed by atoms with Crippen molar-refractivity contribution in [3.8, 4) is 10.6 Å². The normalized spacial score (nSPS) is 19.9. The maximum atomic E-state index is 12.8. The summed E-state index contributed by atoms with van der Waals surface area (Å²) in [6.07, 6.45) is 7.11. The molecule has 1 aliphatic carbocycles. The minimum absolute atomic E-state index is 0.123. The van der Waals surface area contributed by atoms with E-state index >= 15 is 0 Å². The van der Waals surface area contributed by atoms with Crippen molar-refractivity contribution in [2.45, 2.75) is 57.0 Å². The highest BCUT2D eigenvalue weighted by Crippen LogP contribution is 2.28. The van der Waals surface area contributed by atoms with E-state index in [0.717, 1.165) is 47.1 Å². The minimum Gasteiger partial charge on any atom is -0.335 e. The lowest BCUT2D eigenvalue weighted by Crippen LogP contribution is -2.50. The first-order chi connectivity index (χ1) is 14.1. The highest BCUT2D eigenvalue weighted by molar-refractivity contribution is 9.10. The van der Waals surface area contributed by atoms with Crippen LogP contribution in [0.4, 0.5) is 9.93 Å². The number of nitrogens with one attached hydrogen (secondary N) is 2. The predicted molar refractivity (Wildman–Crippen MR) is 117 cm³/mol. The van der Waals surface area contributed by atoms with E-state index in [-0.39, 0.29) is 18.0 Å². The molecule has 2 fully saturated rings. The van der Waals surface area contributed by atoms with E-state index in [0.29, 0.717) is 18.1 Å². The number of aromatic nitrogens is 2. The minimum atomic E-state index is -0.460.